The summed E-state index contributed by atoms with van der Waals surface area (Å²) in [6.07, 6.45) is 0.324. The molecule has 2 saturated carbocycles. The zero-order chi connectivity index (χ0) is 20.3. The standard InChI is InChI=1S/C18H22F3N7/c1-2-24-16-13(18(19,20)21)9-26-17(28-16)27-14(7-23)15(10-3-4-10)25-8-12-5-11(12)6-22/h7,9-12H,2-5,8,23H2,1H3,(H2,24,26,27,28)/b14-7+,25-15?/t11?,12-/m1/s1. The average molecular weight is 393 g/mol. The molecular weight excluding hydrogens is 371 g/mol. The molecule has 0 radical (unpaired) electrons. The van der Waals surface area contributed by atoms with Crippen LogP contribution in [0.15, 0.2) is 23.1 Å². The van der Waals surface area contributed by atoms with Gasteiger partial charge in [-0.3, -0.25) is 4.99 Å². The molecule has 0 bridgehead atoms. The van der Waals surface area contributed by atoms with Crippen molar-refractivity contribution in [1.29, 1.82) is 5.26 Å². The molecule has 0 amide bonds. The first-order valence-electron chi connectivity index (χ1n) is 9.18. The summed E-state index contributed by atoms with van der Waals surface area (Å²) >= 11 is 0. The lowest BCUT2D eigenvalue weighted by Crippen LogP contribution is -2.19. The van der Waals surface area contributed by atoms with E-state index in [1.807, 2.05) is 0 Å². The third-order valence-electron chi connectivity index (χ3n) is 4.68. The van der Waals surface area contributed by atoms with Crippen LogP contribution in [-0.2, 0) is 6.18 Å². The maximum atomic E-state index is 13.1. The molecule has 0 spiro atoms. The zero-order valence-electron chi connectivity index (χ0n) is 15.4. The first kappa shape index (κ1) is 19.9. The van der Waals surface area contributed by atoms with Gasteiger partial charge in [0, 0.05) is 31.4 Å². The van der Waals surface area contributed by atoms with E-state index in [0.29, 0.717) is 12.2 Å². The van der Waals surface area contributed by atoms with Gasteiger partial charge in [0.2, 0.25) is 5.95 Å². The fourth-order valence-electron chi connectivity index (χ4n) is 2.88. The number of hydrogen-bond acceptors (Lipinski definition) is 7. The number of aromatic nitrogens is 2. The van der Waals surface area contributed by atoms with Gasteiger partial charge in [0.25, 0.3) is 0 Å². The Hall–Kier alpha value is -2.83. The second kappa shape index (κ2) is 8.04. The van der Waals surface area contributed by atoms with Gasteiger partial charge >= 0.3 is 6.18 Å². The van der Waals surface area contributed by atoms with Crippen LogP contribution in [0.2, 0.25) is 0 Å². The number of allylic oxidation sites excluding steroid dienone is 1. The molecule has 2 atom stereocenters. The third kappa shape index (κ3) is 4.71. The van der Waals surface area contributed by atoms with Crippen LogP contribution in [0, 0.1) is 29.1 Å². The zero-order valence-corrected chi connectivity index (χ0v) is 15.4. The van der Waals surface area contributed by atoms with E-state index in [-0.39, 0.29) is 36.1 Å². The van der Waals surface area contributed by atoms with Crippen LogP contribution in [0.5, 0.6) is 0 Å². The Morgan fingerprint density at radius 3 is 2.75 bits per heavy atom. The molecule has 1 unspecified atom stereocenters. The summed E-state index contributed by atoms with van der Waals surface area (Å²) in [6.45, 7) is 2.51. The van der Waals surface area contributed by atoms with Crippen molar-refractivity contribution in [3.05, 3.63) is 23.7 Å². The van der Waals surface area contributed by atoms with Gasteiger partial charge in [0.05, 0.1) is 23.4 Å². The smallest absolute Gasteiger partial charge is 0.403 e. The summed E-state index contributed by atoms with van der Waals surface area (Å²) < 4.78 is 39.3. The topological polar surface area (TPSA) is 112 Å². The fourth-order valence-corrected chi connectivity index (χ4v) is 2.88. The van der Waals surface area contributed by atoms with E-state index in [9.17, 15) is 13.2 Å². The number of nitriles is 1. The highest BCUT2D eigenvalue weighted by molar-refractivity contribution is 6.05. The Balaban J connectivity index is 1.79. The minimum atomic E-state index is -4.55. The Morgan fingerprint density at radius 1 is 1.46 bits per heavy atom. The number of hydrogen-bond donors (Lipinski definition) is 3. The van der Waals surface area contributed by atoms with E-state index < -0.39 is 11.7 Å². The number of nitrogens with zero attached hydrogens (tertiary/aromatic N) is 4. The van der Waals surface area contributed by atoms with Gasteiger partial charge in [-0.15, -0.1) is 0 Å². The number of nitrogens with two attached hydrogens (primary N) is 1. The predicted molar refractivity (Wildman–Crippen MR) is 99.3 cm³/mol. The lowest BCUT2D eigenvalue weighted by molar-refractivity contribution is -0.137. The predicted octanol–water partition coefficient (Wildman–Crippen LogP) is 3.15. The van der Waals surface area contributed by atoms with Crippen molar-refractivity contribution >= 4 is 17.5 Å². The molecule has 1 aromatic heterocycles. The SMILES string of the molecule is CCNc1nc(N/C(=C/N)C(=NC[C@H]2CC2C#N)C2CC2)ncc1C(F)(F)F. The van der Waals surface area contributed by atoms with Crippen LogP contribution in [0.4, 0.5) is 24.9 Å². The van der Waals surface area contributed by atoms with Gasteiger partial charge < -0.3 is 16.4 Å². The third-order valence-corrected chi connectivity index (χ3v) is 4.68. The van der Waals surface area contributed by atoms with E-state index in [2.05, 4.69) is 31.7 Å². The van der Waals surface area contributed by atoms with Crippen LogP contribution < -0.4 is 16.4 Å². The van der Waals surface area contributed by atoms with E-state index in [1.54, 1.807) is 6.92 Å². The Morgan fingerprint density at radius 2 is 2.21 bits per heavy atom. The summed E-state index contributed by atoms with van der Waals surface area (Å²) in [4.78, 5) is 12.4. The summed E-state index contributed by atoms with van der Waals surface area (Å²) in [7, 11) is 0. The molecule has 1 aromatic rings. The number of halogens is 3. The molecule has 10 heteroatoms. The lowest BCUT2D eigenvalue weighted by Gasteiger charge is -2.16. The van der Waals surface area contributed by atoms with Crippen molar-refractivity contribution in [3.8, 4) is 6.07 Å². The molecule has 1 heterocycles. The molecule has 7 nitrogen and oxygen atoms in total. The molecular formula is C18H22F3N7. The number of nitrogens with one attached hydrogen (secondary N) is 2. The van der Waals surface area contributed by atoms with Gasteiger partial charge in [0.15, 0.2) is 0 Å². The van der Waals surface area contributed by atoms with Crippen LogP contribution >= 0.6 is 0 Å². The van der Waals surface area contributed by atoms with Crippen LogP contribution in [0.3, 0.4) is 0 Å². The van der Waals surface area contributed by atoms with Gasteiger partial charge in [-0.1, -0.05) is 0 Å². The second-order valence-electron chi connectivity index (χ2n) is 6.92. The molecule has 3 rings (SSSR count). The largest absolute Gasteiger partial charge is 0.421 e. The Labute approximate surface area is 161 Å². The normalized spacial score (nSPS) is 22.5. The lowest BCUT2D eigenvalue weighted by atomic mass is 10.2. The molecule has 150 valence electrons. The van der Waals surface area contributed by atoms with Crippen LogP contribution in [0.1, 0.15) is 31.7 Å². The molecule has 0 aromatic carbocycles. The summed E-state index contributed by atoms with van der Waals surface area (Å²) in [5, 5.41) is 14.4. The fraction of sp³-hybridized carbons (Fsp3) is 0.556. The minimum absolute atomic E-state index is 0.00956. The summed E-state index contributed by atoms with van der Waals surface area (Å²) in [6, 6.07) is 2.23. The van der Waals surface area contributed by atoms with Crippen LogP contribution in [-0.4, -0.2) is 28.8 Å². The molecule has 2 aliphatic rings. The van der Waals surface area contributed by atoms with Gasteiger partial charge in [-0.25, -0.2) is 4.98 Å². The van der Waals surface area contributed by atoms with E-state index in [0.717, 1.165) is 31.2 Å². The highest BCUT2D eigenvalue weighted by Crippen LogP contribution is 2.39. The maximum Gasteiger partial charge on any atom is 0.421 e. The highest BCUT2D eigenvalue weighted by Gasteiger charge is 2.38. The molecule has 0 aliphatic heterocycles. The van der Waals surface area contributed by atoms with E-state index in [1.165, 1.54) is 6.20 Å². The van der Waals surface area contributed by atoms with Gasteiger partial charge in [0.1, 0.15) is 11.4 Å². The van der Waals surface area contributed by atoms with E-state index in [4.69, 9.17) is 11.0 Å². The van der Waals surface area contributed by atoms with Gasteiger partial charge in [-0.05, 0) is 32.1 Å². The summed E-state index contributed by atoms with van der Waals surface area (Å²) in [5.41, 5.74) is 6.07. The van der Waals surface area contributed by atoms with Crippen molar-refractivity contribution in [3.63, 3.8) is 0 Å². The summed E-state index contributed by atoms with van der Waals surface area (Å²) in [5.74, 6) is 0.298. The van der Waals surface area contributed by atoms with Crippen molar-refractivity contribution in [2.24, 2.45) is 28.5 Å². The van der Waals surface area contributed by atoms with E-state index >= 15 is 0 Å². The Bertz CT molecular complexity index is 821. The van der Waals surface area contributed by atoms with Crippen molar-refractivity contribution in [1.82, 2.24) is 9.97 Å². The molecule has 28 heavy (non-hydrogen) atoms. The first-order valence-corrected chi connectivity index (χ1v) is 9.18. The van der Waals surface area contributed by atoms with Crippen molar-refractivity contribution in [2.45, 2.75) is 32.4 Å². The quantitative estimate of drug-likeness (QED) is 0.585. The molecule has 2 aliphatic carbocycles. The Kier molecular flexibility index (Phi) is 5.72. The average Bonchev–Trinajstić information content (AvgIpc) is 3.55. The monoisotopic (exact) mass is 393 g/mol. The van der Waals surface area contributed by atoms with Gasteiger partial charge in [-0.2, -0.15) is 23.4 Å². The number of alkyl halides is 3. The molecule has 0 saturated heterocycles. The number of rotatable bonds is 8. The maximum absolute atomic E-state index is 13.1. The number of aliphatic imine (C=N–C) groups is 1. The second-order valence-corrected chi connectivity index (χ2v) is 6.92. The highest BCUT2D eigenvalue weighted by atomic mass is 19.4. The van der Waals surface area contributed by atoms with Crippen LogP contribution in [0.25, 0.3) is 0 Å². The molecule has 4 N–H and O–H groups in total. The number of anilines is 2. The molecule has 2 fully saturated rings. The first-order chi connectivity index (χ1) is 13.4. The van der Waals surface area contributed by atoms with Crippen molar-refractivity contribution in [2.75, 3.05) is 23.7 Å². The van der Waals surface area contributed by atoms with Crippen molar-refractivity contribution < 1.29 is 13.2 Å². The minimum Gasteiger partial charge on any atom is -0.403 e.